The molecule has 36 heavy (non-hydrogen) atoms. The van der Waals surface area contributed by atoms with Gasteiger partial charge >= 0.3 is 5.97 Å². The van der Waals surface area contributed by atoms with E-state index in [0.29, 0.717) is 30.8 Å². The van der Waals surface area contributed by atoms with Crippen molar-refractivity contribution in [3.63, 3.8) is 0 Å². The fourth-order valence-electron chi connectivity index (χ4n) is 4.27. The number of carbonyl (C=O) groups excluding carboxylic acids is 3. The first-order valence-corrected chi connectivity index (χ1v) is 12.7. The summed E-state index contributed by atoms with van der Waals surface area (Å²) in [4.78, 5) is 37.5. The zero-order valence-corrected chi connectivity index (χ0v) is 21.4. The van der Waals surface area contributed by atoms with Crippen LogP contribution in [0.3, 0.4) is 0 Å². The molecular formula is C29H37NO6. The van der Waals surface area contributed by atoms with E-state index in [0.717, 1.165) is 31.1 Å². The minimum atomic E-state index is -0.842. The van der Waals surface area contributed by atoms with Crippen molar-refractivity contribution in [2.45, 2.75) is 71.3 Å². The summed E-state index contributed by atoms with van der Waals surface area (Å²) in [6.07, 6.45) is 3.24. The van der Waals surface area contributed by atoms with Crippen molar-refractivity contribution >= 4 is 18.2 Å². The normalized spacial score (nSPS) is 18.2. The maximum absolute atomic E-state index is 13.5. The first kappa shape index (κ1) is 27.6. The Kier molecular flexibility index (Phi) is 10.6. The number of benzene rings is 2. The standard InChI is InChI=1S/C29H37NO6/c1-20(2)17-25(29(33)35-24-14-12-23(19-31)13-15-24)30-28(32)27(36-26-11-7-8-16-34-26)21(3)18-22-9-5-4-6-10-22/h4-6,9-10,12-15,19-21,25-27H,7-8,11,16-18H2,1-3H3,(H,30,32)/t21-,25+,26?,27+/m1/s1. The average Bonchev–Trinajstić information content (AvgIpc) is 2.88. The van der Waals surface area contributed by atoms with Crippen LogP contribution in [0.5, 0.6) is 5.75 Å². The zero-order chi connectivity index (χ0) is 25.9. The Hall–Kier alpha value is -3.03. The van der Waals surface area contributed by atoms with Crippen LogP contribution in [0.4, 0.5) is 0 Å². The van der Waals surface area contributed by atoms with E-state index in [4.69, 9.17) is 14.2 Å². The van der Waals surface area contributed by atoms with Crippen LogP contribution in [-0.2, 0) is 25.5 Å². The van der Waals surface area contributed by atoms with Gasteiger partial charge in [-0.1, -0.05) is 51.1 Å². The van der Waals surface area contributed by atoms with E-state index in [9.17, 15) is 14.4 Å². The van der Waals surface area contributed by atoms with E-state index in [2.05, 4.69) is 5.32 Å². The predicted molar refractivity (Wildman–Crippen MR) is 137 cm³/mol. The van der Waals surface area contributed by atoms with E-state index in [1.165, 1.54) is 0 Å². The molecule has 0 radical (unpaired) electrons. The number of carbonyl (C=O) groups is 3. The van der Waals surface area contributed by atoms with Gasteiger partial charge in [0, 0.05) is 12.2 Å². The molecule has 0 aromatic heterocycles. The SMILES string of the molecule is CC(C)C[C@H](NC(=O)[C@@H](OC1CCCCO1)[C@H](C)Cc1ccccc1)C(=O)Oc1ccc(C=O)cc1. The van der Waals surface area contributed by atoms with Gasteiger partial charge in [-0.25, -0.2) is 4.79 Å². The van der Waals surface area contributed by atoms with E-state index in [-0.39, 0.29) is 17.7 Å². The molecule has 1 fully saturated rings. The molecule has 2 aromatic carbocycles. The molecule has 0 aliphatic carbocycles. The fraction of sp³-hybridized carbons (Fsp3) is 0.483. The van der Waals surface area contributed by atoms with E-state index in [1.54, 1.807) is 24.3 Å². The maximum Gasteiger partial charge on any atom is 0.334 e. The lowest BCUT2D eigenvalue weighted by atomic mass is 9.94. The zero-order valence-electron chi connectivity index (χ0n) is 21.4. The summed E-state index contributed by atoms with van der Waals surface area (Å²) in [7, 11) is 0. The van der Waals surface area contributed by atoms with Crippen molar-refractivity contribution in [3.8, 4) is 5.75 Å². The Balaban J connectivity index is 1.73. The Morgan fingerprint density at radius 3 is 2.39 bits per heavy atom. The third-order valence-corrected chi connectivity index (χ3v) is 6.15. The van der Waals surface area contributed by atoms with Crippen LogP contribution < -0.4 is 10.1 Å². The number of hydrogen-bond donors (Lipinski definition) is 1. The summed E-state index contributed by atoms with van der Waals surface area (Å²) in [5.41, 5.74) is 1.59. The van der Waals surface area contributed by atoms with Crippen molar-refractivity contribution in [2.75, 3.05) is 6.61 Å². The smallest absolute Gasteiger partial charge is 0.334 e. The van der Waals surface area contributed by atoms with Crippen LogP contribution in [0.1, 0.15) is 62.4 Å². The minimum Gasteiger partial charge on any atom is -0.425 e. The second kappa shape index (κ2) is 13.9. The first-order valence-electron chi connectivity index (χ1n) is 12.7. The van der Waals surface area contributed by atoms with Crippen molar-refractivity contribution in [3.05, 3.63) is 65.7 Å². The molecule has 1 aliphatic heterocycles. The van der Waals surface area contributed by atoms with Gasteiger partial charge in [-0.05, 0) is 73.8 Å². The summed E-state index contributed by atoms with van der Waals surface area (Å²) in [5.74, 6) is -0.604. The Labute approximate surface area is 213 Å². The lowest BCUT2D eigenvalue weighted by Crippen LogP contribution is -2.51. The molecule has 1 amide bonds. The number of rotatable bonds is 12. The highest BCUT2D eigenvalue weighted by Crippen LogP contribution is 2.22. The van der Waals surface area contributed by atoms with Crippen LogP contribution in [0.25, 0.3) is 0 Å². The molecule has 4 atom stereocenters. The van der Waals surface area contributed by atoms with Crippen molar-refractivity contribution in [1.82, 2.24) is 5.32 Å². The van der Waals surface area contributed by atoms with Gasteiger partial charge in [0.2, 0.25) is 5.91 Å². The molecule has 0 saturated carbocycles. The second-order valence-corrected chi connectivity index (χ2v) is 9.82. The summed E-state index contributed by atoms with van der Waals surface area (Å²) >= 11 is 0. The topological polar surface area (TPSA) is 90.9 Å². The van der Waals surface area contributed by atoms with Gasteiger partial charge in [0.05, 0.1) is 0 Å². The molecule has 7 nitrogen and oxygen atoms in total. The molecule has 1 aliphatic rings. The fourth-order valence-corrected chi connectivity index (χ4v) is 4.27. The summed E-state index contributed by atoms with van der Waals surface area (Å²) in [5, 5.41) is 2.90. The molecule has 0 bridgehead atoms. The molecule has 3 rings (SSSR count). The van der Waals surface area contributed by atoms with Crippen LogP contribution in [-0.4, -0.2) is 43.2 Å². The number of amides is 1. The minimum absolute atomic E-state index is 0.142. The molecule has 0 spiro atoms. The van der Waals surface area contributed by atoms with Crippen LogP contribution in [0.2, 0.25) is 0 Å². The largest absolute Gasteiger partial charge is 0.425 e. The molecule has 1 unspecified atom stereocenters. The summed E-state index contributed by atoms with van der Waals surface area (Å²) in [6.45, 7) is 6.54. The van der Waals surface area contributed by atoms with Gasteiger partial charge in [0.1, 0.15) is 24.2 Å². The number of ether oxygens (including phenoxy) is 3. The third kappa shape index (κ3) is 8.57. The Bertz CT molecular complexity index is 969. The molecule has 1 heterocycles. The molecular weight excluding hydrogens is 458 g/mol. The van der Waals surface area contributed by atoms with Crippen LogP contribution in [0, 0.1) is 11.8 Å². The molecule has 194 valence electrons. The van der Waals surface area contributed by atoms with Gasteiger partial charge in [0.15, 0.2) is 6.29 Å². The Morgan fingerprint density at radius 1 is 1.06 bits per heavy atom. The molecule has 2 aromatic rings. The average molecular weight is 496 g/mol. The third-order valence-electron chi connectivity index (χ3n) is 6.15. The summed E-state index contributed by atoms with van der Waals surface area (Å²) in [6, 6.07) is 15.4. The maximum atomic E-state index is 13.5. The van der Waals surface area contributed by atoms with E-state index < -0.39 is 24.4 Å². The van der Waals surface area contributed by atoms with Crippen molar-refractivity contribution in [2.24, 2.45) is 11.8 Å². The highest BCUT2D eigenvalue weighted by atomic mass is 16.7. The second-order valence-electron chi connectivity index (χ2n) is 9.82. The lowest BCUT2D eigenvalue weighted by Gasteiger charge is -2.31. The molecule has 1 N–H and O–H groups in total. The monoisotopic (exact) mass is 495 g/mol. The van der Waals surface area contributed by atoms with Gasteiger partial charge in [-0.2, -0.15) is 0 Å². The highest BCUT2D eigenvalue weighted by Gasteiger charge is 2.34. The van der Waals surface area contributed by atoms with E-state index >= 15 is 0 Å². The summed E-state index contributed by atoms with van der Waals surface area (Å²) < 4.78 is 17.5. The highest BCUT2D eigenvalue weighted by molar-refractivity contribution is 5.88. The van der Waals surface area contributed by atoms with Crippen LogP contribution in [0.15, 0.2) is 54.6 Å². The van der Waals surface area contributed by atoms with Crippen LogP contribution >= 0.6 is 0 Å². The predicted octanol–water partition coefficient (Wildman–Crippen LogP) is 4.73. The quantitative estimate of drug-likeness (QED) is 0.260. The Morgan fingerprint density at radius 2 is 1.78 bits per heavy atom. The number of hydrogen-bond acceptors (Lipinski definition) is 6. The van der Waals surface area contributed by atoms with Crippen molar-refractivity contribution < 1.29 is 28.6 Å². The van der Waals surface area contributed by atoms with Gasteiger partial charge < -0.3 is 19.5 Å². The number of aldehydes is 1. The first-order chi connectivity index (χ1) is 17.4. The molecule has 1 saturated heterocycles. The van der Waals surface area contributed by atoms with Crippen molar-refractivity contribution in [1.29, 1.82) is 0 Å². The molecule has 7 heteroatoms. The van der Waals surface area contributed by atoms with Gasteiger partial charge in [0.25, 0.3) is 0 Å². The van der Waals surface area contributed by atoms with E-state index in [1.807, 2.05) is 51.1 Å². The number of esters is 1. The van der Waals surface area contributed by atoms with Gasteiger partial charge in [-0.3, -0.25) is 9.59 Å². The lowest BCUT2D eigenvalue weighted by molar-refractivity contribution is -0.200. The van der Waals surface area contributed by atoms with Gasteiger partial charge in [-0.15, -0.1) is 0 Å². The number of nitrogens with one attached hydrogen (secondary N) is 1.